The van der Waals surface area contributed by atoms with E-state index in [2.05, 4.69) is 5.48 Å². The number of rotatable bonds is 5. The van der Waals surface area contributed by atoms with Crippen LogP contribution in [-0.4, -0.2) is 12.8 Å². The van der Waals surface area contributed by atoms with Crippen LogP contribution in [0.2, 0.25) is 15.1 Å². The third kappa shape index (κ3) is 4.00. The summed E-state index contributed by atoms with van der Waals surface area (Å²) in [6.45, 7) is 4.18. The van der Waals surface area contributed by atoms with E-state index >= 15 is 0 Å². The molecule has 90 valence electrons. The van der Waals surface area contributed by atoms with Crippen molar-refractivity contribution in [1.29, 1.82) is 0 Å². The van der Waals surface area contributed by atoms with Crippen molar-refractivity contribution in [2.75, 3.05) is 6.61 Å². The van der Waals surface area contributed by atoms with Crippen molar-refractivity contribution in [3.05, 3.63) is 27.2 Å². The van der Waals surface area contributed by atoms with Crippen LogP contribution >= 0.6 is 34.8 Å². The molecular weight excluding hydrogens is 272 g/mol. The molecule has 0 amide bonds. The first-order valence-electron chi connectivity index (χ1n) is 4.73. The van der Waals surface area contributed by atoms with Gasteiger partial charge in [-0.1, -0.05) is 34.8 Å². The maximum atomic E-state index is 5.95. The Morgan fingerprint density at radius 3 is 2.31 bits per heavy atom. The van der Waals surface area contributed by atoms with Crippen LogP contribution in [0.15, 0.2) is 12.1 Å². The highest BCUT2D eigenvalue weighted by Crippen LogP contribution is 2.36. The summed E-state index contributed by atoms with van der Waals surface area (Å²) in [6.07, 6.45) is -0.365. The SMILES string of the molecule is CCONC(C)Oc1c(Cl)cc(Cl)cc1Cl. The van der Waals surface area contributed by atoms with Gasteiger partial charge in [0.2, 0.25) is 0 Å². The summed E-state index contributed by atoms with van der Waals surface area (Å²) in [6, 6.07) is 3.13. The molecule has 3 nitrogen and oxygen atoms in total. The van der Waals surface area contributed by atoms with E-state index in [1.54, 1.807) is 19.1 Å². The number of halogens is 3. The number of hydrogen-bond acceptors (Lipinski definition) is 3. The molecule has 1 rings (SSSR count). The van der Waals surface area contributed by atoms with Gasteiger partial charge in [-0.05, 0) is 26.0 Å². The third-order valence-electron chi connectivity index (χ3n) is 1.65. The Bertz CT molecular complexity index is 337. The zero-order valence-electron chi connectivity index (χ0n) is 8.89. The van der Waals surface area contributed by atoms with Crippen molar-refractivity contribution in [3.63, 3.8) is 0 Å². The van der Waals surface area contributed by atoms with Gasteiger partial charge in [0.25, 0.3) is 0 Å². The molecule has 0 fully saturated rings. The molecule has 0 saturated carbocycles. The average Bonchev–Trinajstić information content (AvgIpc) is 2.20. The van der Waals surface area contributed by atoms with Crippen molar-refractivity contribution in [3.8, 4) is 5.75 Å². The lowest BCUT2D eigenvalue weighted by Gasteiger charge is -2.17. The van der Waals surface area contributed by atoms with Crippen LogP contribution in [0.1, 0.15) is 13.8 Å². The minimum atomic E-state index is -0.365. The van der Waals surface area contributed by atoms with E-state index in [9.17, 15) is 0 Å². The Morgan fingerprint density at radius 2 is 1.81 bits per heavy atom. The van der Waals surface area contributed by atoms with E-state index in [0.29, 0.717) is 27.4 Å². The van der Waals surface area contributed by atoms with Crippen LogP contribution in [0.4, 0.5) is 0 Å². The molecule has 0 saturated heterocycles. The number of ether oxygens (including phenoxy) is 1. The summed E-state index contributed by atoms with van der Waals surface area (Å²) in [5.74, 6) is 0.382. The number of hydroxylamine groups is 1. The normalized spacial score (nSPS) is 12.6. The van der Waals surface area contributed by atoms with Gasteiger partial charge in [0.15, 0.2) is 12.0 Å². The first kappa shape index (κ1) is 13.9. The second-order valence-electron chi connectivity index (χ2n) is 3.01. The molecule has 0 radical (unpaired) electrons. The zero-order chi connectivity index (χ0) is 12.1. The first-order valence-corrected chi connectivity index (χ1v) is 5.86. The quantitative estimate of drug-likeness (QED) is 0.657. The Morgan fingerprint density at radius 1 is 1.25 bits per heavy atom. The molecular formula is C10H12Cl3NO2. The van der Waals surface area contributed by atoms with Crippen molar-refractivity contribution >= 4 is 34.8 Å². The second kappa shape index (κ2) is 6.52. The van der Waals surface area contributed by atoms with E-state index in [4.69, 9.17) is 44.4 Å². The van der Waals surface area contributed by atoms with Gasteiger partial charge in [-0.3, -0.25) is 4.84 Å². The molecule has 6 heteroatoms. The van der Waals surface area contributed by atoms with Crippen LogP contribution in [0.3, 0.4) is 0 Å². The topological polar surface area (TPSA) is 30.5 Å². The van der Waals surface area contributed by atoms with E-state index in [1.807, 2.05) is 6.92 Å². The zero-order valence-corrected chi connectivity index (χ0v) is 11.2. The molecule has 0 aliphatic carbocycles. The Labute approximate surface area is 110 Å². The summed E-state index contributed by atoms with van der Waals surface area (Å²) in [4.78, 5) is 4.98. The Balaban J connectivity index is 2.73. The van der Waals surface area contributed by atoms with Crippen molar-refractivity contribution in [2.24, 2.45) is 0 Å². The number of benzene rings is 1. The van der Waals surface area contributed by atoms with Crippen LogP contribution in [-0.2, 0) is 4.84 Å². The molecule has 1 unspecified atom stereocenters. The highest BCUT2D eigenvalue weighted by molar-refractivity contribution is 6.40. The predicted octanol–water partition coefficient (Wildman–Crippen LogP) is 3.91. The smallest absolute Gasteiger partial charge is 0.168 e. The third-order valence-corrected chi connectivity index (χ3v) is 2.43. The Hall–Kier alpha value is -0.190. The molecule has 0 bridgehead atoms. The summed E-state index contributed by atoms with van der Waals surface area (Å²) in [7, 11) is 0. The van der Waals surface area contributed by atoms with Gasteiger partial charge in [-0.15, -0.1) is 0 Å². The van der Waals surface area contributed by atoms with Gasteiger partial charge in [-0.2, -0.15) is 5.48 Å². The predicted molar refractivity (Wildman–Crippen MR) is 66.3 cm³/mol. The highest BCUT2D eigenvalue weighted by Gasteiger charge is 2.12. The monoisotopic (exact) mass is 283 g/mol. The van der Waals surface area contributed by atoms with Gasteiger partial charge in [0.1, 0.15) is 0 Å². The minimum absolute atomic E-state index is 0.364. The van der Waals surface area contributed by atoms with Gasteiger partial charge in [-0.25, -0.2) is 0 Å². The fourth-order valence-electron chi connectivity index (χ4n) is 1.04. The van der Waals surface area contributed by atoms with Crippen molar-refractivity contribution in [1.82, 2.24) is 5.48 Å². The summed E-state index contributed by atoms with van der Waals surface area (Å²) >= 11 is 17.7. The van der Waals surface area contributed by atoms with Crippen LogP contribution in [0.5, 0.6) is 5.75 Å². The largest absolute Gasteiger partial charge is 0.470 e. The standard InChI is InChI=1S/C10H12Cl3NO2/c1-3-15-14-6(2)16-10-8(12)4-7(11)5-9(10)13/h4-6,14H,3H2,1-2H3. The number of nitrogens with one attached hydrogen (secondary N) is 1. The lowest BCUT2D eigenvalue weighted by Crippen LogP contribution is -2.31. The van der Waals surface area contributed by atoms with Crippen LogP contribution in [0, 0.1) is 0 Å². The Kier molecular flexibility index (Phi) is 5.66. The van der Waals surface area contributed by atoms with Crippen LogP contribution < -0.4 is 10.2 Å². The maximum Gasteiger partial charge on any atom is 0.168 e. The molecule has 0 aliphatic rings. The van der Waals surface area contributed by atoms with Gasteiger partial charge in [0, 0.05) is 5.02 Å². The molecule has 1 aromatic rings. The summed E-state index contributed by atoms with van der Waals surface area (Å²) in [5, 5.41) is 1.19. The van der Waals surface area contributed by atoms with E-state index < -0.39 is 0 Å². The van der Waals surface area contributed by atoms with Gasteiger partial charge >= 0.3 is 0 Å². The second-order valence-corrected chi connectivity index (χ2v) is 4.26. The fraction of sp³-hybridized carbons (Fsp3) is 0.400. The van der Waals surface area contributed by atoms with E-state index in [0.717, 1.165) is 0 Å². The minimum Gasteiger partial charge on any atom is -0.470 e. The highest BCUT2D eigenvalue weighted by atomic mass is 35.5. The summed E-state index contributed by atoms with van der Waals surface area (Å²) < 4.78 is 5.47. The van der Waals surface area contributed by atoms with Crippen LogP contribution in [0.25, 0.3) is 0 Å². The molecule has 1 atom stereocenters. The van der Waals surface area contributed by atoms with Gasteiger partial charge < -0.3 is 4.74 Å². The van der Waals surface area contributed by atoms with Gasteiger partial charge in [0.05, 0.1) is 16.7 Å². The van der Waals surface area contributed by atoms with Crippen molar-refractivity contribution < 1.29 is 9.57 Å². The van der Waals surface area contributed by atoms with Crippen molar-refractivity contribution in [2.45, 2.75) is 20.1 Å². The molecule has 16 heavy (non-hydrogen) atoms. The summed E-state index contributed by atoms with van der Waals surface area (Å²) in [5.41, 5.74) is 2.68. The lowest BCUT2D eigenvalue weighted by molar-refractivity contribution is -0.0317. The molecule has 1 aromatic carbocycles. The molecule has 0 aliphatic heterocycles. The molecule has 0 spiro atoms. The van der Waals surface area contributed by atoms with E-state index in [-0.39, 0.29) is 6.23 Å². The maximum absolute atomic E-state index is 5.95. The fourth-order valence-corrected chi connectivity index (χ4v) is 1.95. The average molecular weight is 285 g/mol. The number of hydrogen-bond donors (Lipinski definition) is 1. The first-order chi connectivity index (χ1) is 7.54. The lowest BCUT2D eigenvalue weighted by atomic mass is 10.3. The molecule has 0 heterocycles. The van der Waals surface area contributed by atoms with E-state index in [1.165, 1.54) is 0 Å². The molecule has 0 aromatic heterocycles. The molecule has 1 N–H and O–H groups in total.